The fourth-order valence-corrected chi connectivity index (χ4v) is 4.15. The molecule has 0 unspecified atom stereocenters. The van der Waals surface area contributed by atoms with Gasteiger partial charge in [0.25, 0.3) is 5.91 Å². The van der Waals surface area contributed by atoms with Gasteiger partial charge in [-0.3, -0.25) is 9.69 Å². The van der Waals surface area contributed by atoms with Gasteiger partial charge in [0.15, 0.2) is 15.8 Å². The number of carbonyl (C=O) groups excluding carboxylic acids is 1. The molecule has 1 fully saturated rings. The SMILES string of the molecule is O=C1/C(=C/c2ccc(O)c(O)c2)SC(=S)N1c1cccc2ccccc12. The minimum atomic E-state index is -0.233. The molecule has 4 rings (SSSR count). The monoisotopic (exact) mass is 379 g/mol. The van der Waals surface area contributed by atoms with Crippen LogP contribution in [0.2, 0.25) is 0 Å². The van der Waals surface area contributed by atoms with E-state index in [2.05, 4.69) is 0 Å². The van der Waals surface area contributed by atoms with E-state index in [0.717, 1.165) is 16.5 Å². The van der Waals surface area contributed by atoms with Gasteiger partial charge >= 0.3 is 0 Å². The van der Waals surface area contributed by atoms with Crippen LogP contribution < -0.4 is 4.90 Å². The van der Waals surface area contributed by atoms with Crippen LogP contribution in [0.3, 0.4) is 0 Å². The zero-order valence-electron chi connectivity index (χ0n) is 13.4. The van der Waals surface area contributed by atoms with Crippen molar-refractivity contribution in [1.82, 2.24) is 0 Å². The van der Waals surface area contributed by atoms with E-state index >= 15 is 0 Å². The number of aromatic hydroxyl groups is 2. The molecule has 128 valence electrons. The highest BCUT2D eigenvalue weighted by Gasteiger charge is 2.34. The van der Waals surface area contributed by atoms with Gasteiger partial charge in [-0.25, -0.2) is 0 Å². The van der Waals surface area contributed by atoms with Crippen LogP contribution in [-0.2, 0) is 4.79 Å². The quantitative estimate of drug-likeness (QED) is 0.385. The lowest BCUT2D eigenvalue weighted by Crippen LogP contribution is -2.27. The molecule has 4 nitrogen and oxygen atoms in total. The van der Waals surface area contributed by atoms with Crippen molar-refractivity contribution in [1.29, 1.82) is 0 Å². The van der Waals surface area contributed by atoms with Crippen molar-refractivity contribution in [2.75, 3.05) is 4.90 Å². The summed E-state index contributed by atoms with van der Waals surface area (Å²) in [5, 5.41) is 21.0. The molecule has 1 saturated heterocycles. The Labute approximate surface area is 159 Å². The summed E-state index contributed by atoms with van der Waals surface area (Å²) >= 11 is 6.66. The Hall–Kier alpha value is -2.83. The van der Waals surface area contributed by atoms with E-state index in [9.17, 15) is 15.0 Å². The van der Waals surface area contributed by atoms with Gasteiger partial charge in [0.05, 0.1) is 10.6 Å². The van der Waals surface area contributed by atoms with Crippen LogP contribution in [0.5, 0.6) is 11.5 Å². The number of anilines is 1. The summed E-state index contributed by atoms with van der Waals surface area (Å²) in [5.41, 5.74) is 1.36. The van der Waals surface area contributed by atoms with Crippen molar-refractivity contribution >= 4 is 56.7 Å². The van der Waals surface area contributed by atoms with Crippen molar-refractivity contribution in [3.05, 3.63) is 71.1 Å². The largest absolute Gasteiger partial charge is 0.504 e. The van der Waals surface area contributed by atoms with Gasteiger partial charge in [-0.2, -0.15) is 0 Å². The van der Waals surface area contributed by atoms with Crippen LogP contribution in [-0.4, -0.2) is 20.4 Å². The summed E-state index contributed by atoms with van der Waals surface area (Å²) < 4.78 is 0.459. The lowest BCUT2D eigenvalue weighted by atomic mass is 10.1. The van der Waals surface area contributed by atoms with Gasteiger partial charge in [-0.1, -0.05) is 66.4 Å². The van der Waals surface area contributed by atoms with Crippen LogP contribution in [0.15, 0.2) is 65.6 Å². The second-order valence-corrected chi connectivity index (χ2v) is 7.44. The number of thiocarbonyl (C=S) groups is 1. The number of phenolic OH excluding ortho intramolecular Hbond substituents is 2. The number of hydrogen-bond donors (Lipinski definition) is 2. The maximum Gasteiger partial charge on any atom is 0.270 e. The minimum absolute atomic E-state index is 0.203. The van der Waals surface area contributed by atoms with E-state index in [1.807, 2.05) is 42.5 Å². The van der Waals surface area contributed by atoms with Crippen molar-refractivity contribution in [2.45, 2.75) is 0 Å². The molecule has 6 heteroatoms. The Morgan fingerprint density at radius 2 is 1.73 bits per heavy atom. The second kappa shape index (κ2) is 6.48. The molecule has 0 atom stereocenters. The predicted molar refractivity (Wildman–Crippen MR) is 109 cm³/mol. The number of carbonyl (C=O) groups is 1. The molecule has 1 aliphatic heterocycles. The Morgan fingerprint density at radius 3 is 2.54 bits per heavy atom. The molecule has 0 saturated carbocycles. The Balaban J connectivity index is 1.75. The average molecular weight is 379 g/mol. The summed E-state index contributed by atoms with van der Waals surface area (Å²) in [7, 11) is 0. The summed E-state index contributed by atoms with van der Waals surface area (Å²) in [5.74, 6) is -0.641. The molecule has 0 bridgehead atoms. The third-order valence-electron chi connectivity index (χ3n) is 4.10. The van der Waals surface area contributed by atoms with Crippen molar-refractivity contribution in [3.63, 3.8) is 0 Å². The highest BCUT2D eigenvalue weighted by Crippen LogP contribution is 2.39. The molecule has 1 heterocycles. The first-order chi connectivity index (χ1) is 12.5. The van der Waals surface area contributed by atoms with Gasteiger partial charge in [-0.15, -0.1) is 0 Å². The van der Waals surface area contributed by atoms with Crippen molar-refractivity contribution in [3.8, 4) is 11.5 Å². The van der Waals surface area contributed by atoms with Crippen LogP contribution in [0.25, 0.3) is 16.8 Å². The molecule has 0 spiro atoms. The number of phenols is 2. The molecule has 1 amide bonds. The standard InChI is InChI=1S/C20H13NO3S2/c22-16-9-8-12(10-17(16)23)11-18-19(24)21(20(25)26-18)15-7-3-5-13-4-1-2-6-14(13)15/h1-11,22-23H/b18-11-. The average Bonchev–Trinajstić information content (AvgIpc) is 2.91. The number of nitrogens with zero attached hydrogens (tertiary/aromatic N) is 1. The molecule has 3 aromatic carbocycles. The first-order valence-corrected chi connectivity index (χ1v) is 9.05. The van der Waals surface area contributed by atoms with E-state index < -0.39 is 0 Å². The molecule has 0 aliphatic carbocycles. The zero-order chi connectivity index (χ0) is 18.3. The molecule has 2 N–H and O–H groups in total. The lowest BCUT2D eigenvalue weighted by molar-refractivity contribution is -0.113. The van der Waals surface area contributed by atoms with E-state index in [-0.39, 0.29) is 17.4 Å². The minimum Gasteiger partial charge on any atom is -0.504 e. The molecule has 0 aromatic heterocycles. The van der Waals surface area contributed by atoms with Crippen LogP contribution >= 0.6 is 24.0 Å². The first kappa shape index (κ1) is 16.6. The highest BCUT2D eigenvalue weighted by molar-refractivity contribution is 8.27. The third-order valence-corrected chi connectivity index (χ3v) is 5.40. The number of benzene rings is 3. The van der Waals surface area contributed by atoms with Gasteiger partial charge in [0.1, 0.15) is 0 Å². The Bertz CT molecular complexity index is 1090. The van der Waals surface area contributed by atoms with E-state index in [1.165, 1.54) is 28.8 Å². The molecule has 1 aliphatic rings. The highest BCUT2D eigenvalue weighted by atomic mass is 32.2. The number of thioether (sulfide) groups is 1. The summed E-state index contributed by atoms with van der Waals surface area (Å²) in [6, 6.07) is 18.0. The van der Waals surface area contributed by atoms with Crippen molar-refractivity contribution in [2.24, 2.45) is 0 Å². The number of amides is 1. The third kappa shape index (κ3) is 2.83. The summed E-state index contributed by atoms with van der Waals surface area (Å²) in [6.07, 6.45) is 1.66. The second-order valence-electron chi connectivity index (χ2n) is 5.76. The Morgan fingerprint density at radius 1 is 0.962 bits per heavy atom. The zero-order valence-corrected chi connectivity index (χ0v) is 15.1. The maximum atomic E-state index is 13.0. The molecule has 3 aromatic rings. The maximum absolute atomic E-state index is 13.0. The van der Waals surface area contributed by atoms with Gasteiger partial charge in [0.2, 0.25) is 0 Å². The summed E-state index contributed by atoms with van der Waals surface area (Å²) in [4.78, 5) is 15.0. The molecule has 26 heavy (non-hydrogen) atoms. The van der Waals surface area contributed by atoms with Crippen LogP contribution in [0.4, 0.5) is 5.69 Å². The molecule has 0 radical (unpaired) electrons. The van der Waals surface area contributed by atoms with E-state index in [1.54, 1.807) is 12.1 Å². The number of rotatable bonds is 2. The smallest absolute Gasteiger partial charge is 0.270 e. The van der Waals surface area contributed by atoms with Crippen LogP contribution in [0, 0.1) is 0 Å². The lowest BCUT2D eigenvalue weighted by Gasteiger charge is -2.17. The van der Waals surface area contributed by atoms with Gasteiger partial charge < -0.3 is 10.2 Å². The van der Waals surface area contributed by atoms with Gasteiger partial charge in [0, 0.05) is 5.39 Å². The molecular weight excluding hydrogens is 366 g/mol. The first-order valence-electron chi connectivity index (χ1n) is 7.82. The summed E-state index contributed by atoms with van der Waals surface area (Å²) in [6.45, 7) is 0. The fraction of sp³-hybridized carbons (Fsp3) is 0. The number of fused-ring (bicyclic) bond motifs is 1. The topological polar surface area (TPSA) is 60.8 Å². The van der Waals surface area contributed by atoms with E-state index in [0.29, 0.717) is 14.8 Å². The van der Waals surface area contributed by atoms with E-state index in [4.69, 9.17) is 12.2 Å². The fourth-order valence-electron chi connectivity index (χ4n) is 2.86. The van der Waals surface area contributed by atoms with Gasteiger partial charge in [-0.05, 0) is 35.2 Å². The van der Waals surface area contributed by atoms with Crippen molar-refractivity contribution < 1.29 is 15.0 Å². The Kier molecular flexibility index (Phi) is 4.14. The normalized spacial score (nSPS) is 16.0. The van der Waals surface area contributed by atoms with Crippen LogP contribution in [0.1, 0.15) is 5.56 Å². The number of hydrogen-bond acceptors (Lipinski definition) is 5. The molecular formula is C20H13NO3S2. The predicted octanol–water partition coefficient (Wildman–Crippen LogP) is 4.66.